The molecule has 70 valence electrons. The van der Waals surface area contributed by atoms with Crippen molar-refractivity contribution in [2.24, 2.45) is 0 Å². The standard InChI is InChI=1S/C10H15N3/c1-13-7-3-4-9(8-13)10-5-2-6-11-12-10/h2,5-6,9H,3-4,7-8H2,1H3. The lowest BCUT2D eigenvalue weighted by molar-refractivity contribution is 0.248. The number of aromatic nitrogens is 2. The van der Waals surface area contributed by atoms with E-state index >= 15 is 0 Å². The fourth-order valence-corrected chi connectivity index (χ4v) is 1.94. The predicted octanol–water partition coefficient (Wildman–Crippen LogP) is 1.29. The average molecular weight is 177 g/mol. The van der Waals surface area contributed by atoms with Gasteiger partial charge in [-0.2, -0.15) is 10.2 Å². The zero-order valence-electron chi connectivity index (χ0n) is 7.98. The molecule has 1 aliphatic rings. The van der Waals surface area contributed by atoms with Crippen LogP contribution in [0, 0.1) is 0 Å². The van der Waals surface area contributed by atoms with E-state index in [0.717, 1.165) is 12.2 Å². The molecule has 3 heteroatoms. The zero-order chi connectivity index (χ0) is 9.10. The van der Waals surface area contributed by atoms with Gasteiger partial charge in [0, 0.05) is 18.7 Å². The lowest BCUT2D eigenvalue weighted by Gasteiger charge is -2.28. The maximum absolute atomic E-state index is 4.16. The second-order valence-corrected chi connectivity index (χ2v) is 3.75. The Balaban J connectivity index is 2.08. The Morgan fingerprint density at radius 1 is 1.54 bits per heavy atom. The van der Waals surface area contributed by atoms with Crippen LogP contribution in [0.1, 0.15) is 24.5 Å². The molecular formula is C10H15N3. The van der Waals surface area contributed by atoms with E-state index in [4.69, 9.17) is 0 Å². The minimum absolute atomic E-state index is 0.590. The van der Waals surface area contributed by atoms with Gasteiger partial charge in [0.15, 0.2) is 0 Å². The maximum atomic E-state index is 4.16. The van der Waals surface area contributed by atoms with Gasteiger partial charge < -0.3 is 4.90 Å². The summed E-state index contributed by atoms with van der Waals surface area (Å²) in [5.41, 5.74) is 1.15. The van der Waals surface area contributed by atoms with Gasteiger partial charge in [-0.3, -0.25) is 0 Å². The van der Waals surface area contributed by atoms with Gasteiger partial charge in [-0.05, 0) is 38.6 Å². The molecule has 0 spiro atoms. The summed E-state index contributed by atoms with van der Waals surface area (Å²) in [5.74, 6) is 0.590. The van der Waals surface area contributed by atoms with Gasteiger partial charge in [-0.25, -0.2) is 0 Å². The molecule has 13 heavy (non-hydrogen) atoms. The van der Waals surface area contributed by atoms with Gasteiger partial charge in [0.2, 0.25) is 0 Å². The highest BCUT2D eigenvalue weighted by Gasteiger charge is 2.19. The topological polar surface area (TPSA) is 29.0 Å². The van der Waals surface area contributed by atoms with Crippen molar-refractivity contribution in [1.29, 1.82) is 0 Å². The van der Waals surface area contributed by atoms with E-state index in [-0.39, 0.29) is 0 Å². The Kier molecular flexibility index (Phi) is 2.54. The van der Waals surface area contributed by atoms with Crippen molar-refractivity contribution in [3.63, 3.8) is 0 Å². The highest BCUT2D eigenvalue weighted by atomic mass is 15.1. The van der Waals surface area contributed by atoms with Gasteiger partial charge in [-0.1, -0.05) is 0 Å². The van der Waals surface area contributed by atoms with Crippen molar-refractivity contribution in [3.05, 3.63) is 24.0 Å². The summed E-state index contributed by atoms with van der Waals surface area (Å²) in [5, 5.41) is 8.08. The van der Waals surface area contributed by atoms with Crippen LogP contribution < -0.4 is 0 Å². The Bertz CT molecular complexity index is 260. The normalized spacial score (nSPS) is 24.5. The minimum Gasteiger partial charge on any atom is -0.306 e. The van der Waals surface area contributed by atoms with Crippen LogP contribution in [0.3, 0.4) is 0 Å². The molecule has 1 unspecified atom stereocenters. The lowest BCUT2D eigenvalue weighted by atomic mass is 9.95. The van der Waals surface area contributed by atoms with Gasteiger partial charge in [0.1, 0.15) is 0 Å². The monoisotopic (exact) mass is 177 g/mol. The Morgan fingerprint density at radius 2 is 2.46 bits per heavy atom. The van der Waals surface area contributed by atoms with Crippen molar-refractivity contribution < 1.29 is 0 Å². The molecule has 3 nitrogen and oxygen atoms in total. The number of likely N-dealkylation sites (tertiary alicyclic amines) is 1. The molecule has 1 aliphatic heterocycles. The summed E-state index contributed by atoms with van der Waals surface area (Å²) in [6.07, 6.45) is 4.26. The average Bonchev–Trinajstić information content (AvgIpc) is 2.19. The molecule has 1 atom stereocenters. The number of hydrogen-bond acceptors (Lipinski definition) is 3. The van der Waals surface area contributed by atoms with Gasteiger partial charge in [-0.15, -0.1) is 0 Å². The molecule has 1 aromatic rings. The van der Waals surface area contributed by atoms with Gasteiger partial charge >= 0.3 is 0 Å². The number of nitrogens with zero attached hydrogens (tertiary/aromatic N) is 3. The number of likely N-dealkylation sites (N-methyl/N-ethyl adjacent to an activating group) is 1. The van der Waals surface area contributed by atoms with Crippen molar-refractivity contribution in [1.82, 2.24) is 15.1 Å². The summed E-state index contributed by atoms with van der Waals surface area (Å²) in [6.45, 7) is 2.34. The second kappa shape index (κ2) is 3.83. The molecular weight excluding hydrogens is 162 g/mol. The summed E-state index contributed by atoms with van der Waals surface area (Å²) in [4.78, 5) is 2.36. The largest absolute Gasteiger partial charge is 0.306 e. The Morgan fingerprint density at radius 3 is 3.15 bits per heavy atom. The van der Waals surface area contributed by atoms with Crippen LogP contribution in [0.25, 0.3) is 0 Å². The van der Waals surface area contributed by atoms with Crippen molar-refractivity contribution >= 4 is 0 Å². The van der Waals surface area contributed by atoms with Gasteiger partial charge in [0.25, 0.3) is 0 Å². The maximum Gasteiger partial charge on any atom is 0.0674 e. The van der Waals surface area contributed by atoms with E-state index < -0.39 is 0 Å². The molecule has 0 aliphatic carbocycles. The first-order valence-electron chi connectivity index (χ1n) is 4.82. The molecule has 1 saturated heterocycles. The van der Waals surface area contributed by atoms with Crippen LogP contribution >= 0.6 is 0 Å². The molecule has 1 aromatic heterocycles. The van der Waals surface area contributed by atoms with Crippen molar-refractivity contribution in [2.75, 3.05) is 20.1 Å². The third kappa shape index (κ3) is 2.04. The summed E-state index contributed by atoms with van der Waals surface area (Å²) < 4.78 is 0. The first-order valence-corrected chi connectivity index (χ1v) is 4.82. The second-order valence-electron chi connectivity index (χ2n) is 3.75. The fourth-order valence-electron chi connectivity index (χ4n) is 1.94. The Hall–Kier alpha value is -0.960. The molecule has 0 aromatic carbocycles. The van der Waals surface area contributed by atoms with Crippen LogP contribution in [-0.4, -0.2) is 35.2 Å². The summed E-state index contributed by atoms with van der Waals surface area (Å²) in [7, 11) is 2.17. The Labute approximate surface area is 78.8 Å². The fraction of sp³-hybridized carbons (Fsp3) is 0.600. The molecule has 0 amide bonds. The first kappa shape index (κ1) is 8.63. The minimum atomic E-state index is 0.590. The van der Waals surface area contributed by atoms with Crippen molar-refractivity contribution in [3.8, 4) is 0 Å². The van der Waals surface area contributed by atoms with E-state index in [2.05, 4.69) is 28.2 Å². The quantitative estimate of drug-likeness (QED) is 0.647. The van der Waals surface area contributed by atoms with Crippen LogP contribution in [-0.2, 0) is 0 Å². The third-order valence-corrected chi connectivity index (χ3v) is 2.64. The van der Waals surface area contributed by atoms with E-state index in [0.29, 0.717) is 5.92 Å². The van der Waals surface area contributed by atoms with E-state index in [9.17, 15) is 0 Å². The van der Waals surface area contributed by atoms with E-state index in [1.54, 1.807) is 6.20 Å². The molecule has 0 saturated carbocycles. The molecule has 0 bridgehead atoms. The number of piperidine rings is 1. The predicted molar refractivity (Wildman–Crippen MR) is 51.5 cm³/mol. The SMILES string of the molecule is CN1CCCC(c2cccnn2)C1. The number of rotatable bonds is 1. The van der Waals surface area contributed by atoms with Crippen LogP contribution in [0.15, 0.2) is 18.3 Å². The van der Waals surface area contributed by atoms with E-state index in [1.165, 1.54) is 19.4 Å². The lowest BCUT2D eigenvalue weighted by Crippen LogP contribution is -2.31. The first-order chi connectivity index (χ1) is 6.36. The molecule has 0 N–H and O–H groups in total. The van der Waals surface area contributed by atoms with Crippen LogP contribution in [0.4, 0.5) is 0 Å². The van der Waals surface area contributed by atoms with E-state index in [1.807, 2.05) is 6.07 Å². The summed E-state index contributed by atoms with van der Waals surface area (Å²) in [6, 6.07) is 4.05. The highest BCUT2D eigenvalue weighted by molar-refractivity contribution is 5.07. The molecule has 2 rings (SSSR count). The van der Waals surface area contributed by atoms with Crippen LogP contribution in [0.5, 0.6) is 0 Å². The summed E-state index contributed by atoms with van der Waals surface area (Å²) >= 11 is 0. The van der Waals surface area contributed by atoms with Gasteiger partial charge in [0.05, 0.1) is 5.69 Å². The molecule has 2 heterocycles. The van der Waals surface area contributed by atoms with Crippen molar-refractivity contribution in [2.45, 2.75) is 18.8 Å². The third-order valence-electron chi connectivity index (χ3n) is 2.64. The highest BCUT2D eigenvalue weighted by Crippen LogP contribution is 2.23. The molecule has 0 radical (unpaired) electrons. The smallest absolute Gasteiger partial charge is 0.0674 e. The van der Waals surface area contributed by atoms with Crippen LogP contribution in [0.2, 0.25) is 0 Å². The zero-order valence-corrected chi connectivity index (χ0v) is 7.98. The number of hydrogen-bond donors (Lipinski definition) is 0. The molecule has 1 fully saturated rings.